The molecule has 2 rings (SSSR count). The molecule has 22 heavy (non-hydrogen) atoms. The van der Waals surface area contributed by atoms with Gasteiger partial charge in [0.15, 0.2) is 5.78 Å². The lowest BCUT2D eigenvalue weighted by molar-refractivity contribution is 0.0976. The highest BCUT2D eigenvalue weighted by Crippen LogP contribution is 2.38. The van der Waals surface area contributed by atoms with Gasteiger partial charge in [0.25, 0.3) is 0 Å². The predicted octanol–water partition coefficient (Wildman–Crippen LogP) is 4.07. The standard InChI is InChI=1S/C19H29NO2/c1-14-10-16(13-19(2,3)12-14)20-9-8-18(21)15-6-5-7-17(11-15)22-4/h5-7,11,14,16,20H,8-10,12-13H2,1-4H3. The maximum Gasteiger partial charge on any atom is 0.164 e. The fourth-order valence-electron chi connectivity index (χ4n) is 3.83. The van der Waals surface area contributed by atoms with E-state index < -0.39 is 0 Å². The van der Waals surface area contributed by atoms with Crippen LogP contribution in [0.25, 0.3) is 0 Å². The van der Waals surface area contributed by atoms with E-state index in [-0.39, 0.29) is 5.78 Å². The van der Waals surface area contributed by atoms with Crippen LogP contribution in [0.3, 0.4) is 0 Å². The summed E-state index contributed by atoms with van der Waals surface area (Å²) < 4.78 is 5.17. The summed E-state index contributed by atoms with van der Waals surface area (Å²) in [5.41, 5.74) is 1.14. The van der Waals surface area contributed by atoms with Crippen LogP contribution >= 0.6 is 0 Å². The lowest BCUT2D eigenvalue weighted by Gasteiger charge is -2.39. The predicted molar refractivity (Wildman–Crippen MR) is 90.5 cm³/mol. The first-order valence-electron chi connectivity index (χ1n) is 8.30. The van der Waals surface area contributed by atoms with Crippen molar-refractivity contribution in [2.24, 2.45) is 11.3 Å². The normalized spacial score (nSPS) is 24.0. The Morgan fingerprint density at radius 2 is 2.14 bits per heavy atom. The van der Waals surface area contributed by atoms with Crippen LogP contribution in [0, 0.1) is 11.3 Å². The molecule has 2 unspecified atom stereocenters. The van der Waals surface area contributed by atoms with Gasteiger partial charge in [-0.25, -0.2) is 0 Å². The van der Waals surface area contributed by atoms with Gasteiger partial charge >= 0.3 is 0 Å². The zero-order valence-corrected chi connectivity index (χ0v) is 14.3. The number of nitrogens with one attached hydrogen (secondary N) is 1. The van der Waals surface area contributed by atoms with Gasteiger partial charge in [-0.3, -0.25) is 4.79 Å². The maximum atomic E-state index is 12.3. The Morgan fingerprint density at radius 3 is 2.82 bits per heavy atom. The summed E-state index contributed by atoms with van der Waals surface area (Å²) >= 11 is 0. The van der Waals surface area contributed by atoms with Crippen LogP contribution < -0.4 is 10.1 Å². The summed E-state index contributed by atoms with van der Waals surface area (Å²) in [5.74, 6) is 1.67. The smallest absolute Gasteiger partial charge is 0.164 e. The summed E-state index contributed by atoms with van der Waals surface area (Å²) in [6.07, 6.45) is 4.26. The van der Waals surface area contributed by atoms with Crippen LogP contribution in [-0.2, 0) is 0 Å². The fraction of sp³-hybridized carbons (Fsp3) is 0.632. The third kappa shape index (κ3) is 4.84. The van der Waals surface area contributed by atoms with E-state index in [1.165, 1.54) is 19.3 Å². The van der Waals surface area contributed by atoms with Gasteiger partial charge in [0.2, 0.25) is 0 Å². The van der Waals surface area contributed by atoms with Crippen LogP contribution in [0.4, 0.5) is 0 Å². The zero-order valence-electron chi connectivity index (χ0n) is 14.3. The first kappa shape index (κ1) is 17.0. The minimum Gasteiger partial charge on any atom is -0.497 e. The molecule has 2 atom stereocenters. The van der Waals surface area contributed by atoms with Crippen molar-refractivity contribution in [1.29, 1.82) is 0 Å². The third-order valence-corrected chi connectivity index (χ3v) is 4.56. The molecule has 0 spiro atoms. The van der Waals surface area contributed by atoms with Gasteiger partial charge < -0.3 is 10.1 Å². The number of benzene rings is 1. The molecular formula is C19H29NO2. The van der Waals surface area contributed by atoms with Gasteiger partial charge in [-0.2, -0.15) is 0 Å². The molecule has 0 saturated heterocycles. The first-order chi connectivity index (χ1) is 10.4. The molecule has 0 aliphatic heterocycles. The lowest BCUT2D eigenvalue weighted by atomic mass is 9.70. The molecule has 122 valence electrons. The topological polar surface area (TPSA) is 38.3 Å². The van der Waals surface area contributed by atoms with Crippen molar-refractivity contribution in [1.82, 2.24) is 5.32 Å². The van der Waals surface area contributed by atoms with Crippen molar-refractivity contribution in [2.75, 3.05) is 13.7 Å². The highest BCUT2D eigenvalue weighted by Gasteiger charge is 2.31. The molecule has 1 aromatic rings. The van der Waals surface area contributed by atoms with Crippen LogP contribution in [-0.4, -0.2) is 25.5 Å². The van der Waals surface area contributed by atoms with Crippen molar-refractivity contribution in [3.63, 3.8) is 0 Å². The van der Waals surface area contributed by atoms with Crippen LogP contribution in [0.5, 0.6) is 5.75 Å². The van der Waals surface area contributed by atoms with E-state index >= 15 is 0 Å². The molecule has 0 radical (unpaired) electrons. The largest absolute Gasteiger partial charge is 0.497 e. The van der Waals surface area contributed by atoms with Crippen LogP contribution in [0.2, 0.25) is 0 Å². The lowest BCUT2D eigenvalue weighted by Crippen LogP contribution is -2.40. The number of rotatable bonds is 6. The van der Waals surface area contributed by atoms with Crippen LogP contribution in [0.15, 0.2) is 24.3 Å². The highest BCUT2D eigenvalue weighted by atomic mass is 16.5. The quantitative estimate of drug-likeness (QED) is 0.805. The number of methoxy groups -OCH3 is 1. The number of Topliss-reactive ketones (excluding diaryl/α,β-unsaturated/α-hetero) is 1. The fourth-order valence-corrected chi connectivity index (χ4v) is 3.83. The van der Waals surface area contributed by atoms with Crippen molar-refractivity contribution in [3.8, 4) is 5.75 Å². The van der Waals surface area contributed by atoms with Crippen molar-refractivity contribution in [2.45, 2.75) is 52.5 Å². The van der Waals surface area contributed by atoms with Gasteiger partial charge in [0.05, 0.1) is 7.11 Å². The number of ketones is 1. The van der Waals surface area contributed by atoms with E-state index in [1.54, 1.807) is 7.11 Å². The van der Waals surface area contributed by atoms with E-state index in [9.17, 15) is 4.79 Å². The Balaban J connectivity index is 1.81. The zero-order chi connectivity index (χ0) is 16.2. The molecule has 1 N–H and O–H groups in total. The Morgan fingerprint density at radius 1 is 1.36 bits per heavy atom. The van der Waals surface area contributed by atoms with Crippen LogP contribution in [0.1, 0.15) is 56.8 Å². The molecule has 0 amide bonds. The van der Waals surface area contributed by atoms with Gasteiger partial charge in [0.1, 0.15) is 5.75 Å². The molecule has 0 bridgehead atoms. The number of carbonyl (C=O) groups is 1. The van der Waals surface area contributed by atoms with E-state index in [2.05, 4.69) is 26.1 Å². The minimum atomic E-state index is 0.175. The number of carbonyl (C=O) groups excluding carboxylic acids is 1. The molecule has 3 heteroatoms. The monoisotopic (exact) mass is 303 g/mol. The van der Waals surface area contributed by atoms with Gasteiger partial charge in [-0.1, -0.05) is 32.9 Å². The molecule has 1 fully saturated rings. The molecule has 0 heterocycles. The second kappa shape index (κ2) is 7.28. The number of hydrogen-bond donors (Lipinski definition) is 1. The number of hydrogen-bond acceptors (Lipinski definition) is 3. The Labute approximate surface area is 134 Å². The highest BCUT2D eigenvalue weighted by molar-refractivity contribution is 5.96. The third-order valence-electron chi connectivity index (χ3n) is 4.56. The summed E-state index contributed by atoms with van der Waals surface area (Å²) in [5, 5.41) is 3.58. The van der Waals surface area contributed by atoms with E-state index in [0.29, 0.717) is 17.9 Å². The van der Waals surface area contributed by atoms with Gasteiger partial charge in [-0.15, -0.1) is 0 Å². The van der Waals surface area contributed by atoms with Gasteiger partial charge in [-0.05, 0) is 42.7 Å². The first-order valence-corrected chi connectivity index (χ1v) is 8.30. The average molecular weight is 303 g/mol. The summed E-state index contributed by atoms with van der Waals surface area (Å²) in [6, 6.07) is 7.94. The molecule has 1 aromatic carbocycles. The Hall–Kier alpha value is -1.35. The molecule has 1 aliphatic rings. The van der Waals surface area contributed by atoms with E-state index in [1.807, 2.05) is 24.3 Å². The summed E-state index contributed by atoms with van der Waals surface area (Å²) in [6.45, 7) is 7.78. The number of ether oxygens (including phenoxy) is 1. The van der Waals surface area contributed by atoms with E-state index in [0.717, 1.165) is 23.8 Å². The average Bonchev–Trinajstić information content (AvgIpc) is 2.45. The van der Waals surface area contributed by atoms with Gasteiger partial charge in [0, 0.05) is 24.6 Å². The SMILES string of the molecule is COc1cccc(C(=O)CCNC2CC(C)CC(C)(C)C2)c1. The summed E-state index contributed by atoms with van der Waals surface area (Å²) in [7, 11) is 1.62. The second-order valence-corrected chi connectivity index (χ2v) is 7.47. The maximum absolute atomic E-state index is 12.3. The molecule has 1 aliphatic carbocycles. The van der Waals surface area contributed by atoms with Crippen molar-refractivity contribution >= 4 is 5.78 Å². The van der Waals surface area contributed by atoms with Crippen molar-refractivity contribution < 1.29 is 9.53 Å². The molecule has 1 saturated carbocycles. The Kier molecular flexibility index (Phi) is 5.63. The molecular weight excluding hydrogens is 274 g/mol. The Bertz CT molecular complexity index is 510. The second-order valence-electron chi connectivity index (χ2n) is 7.47. The van der Waals surface area contributed by atoms with Crippen molar-refractivity contribution in [3.05, 3.63) is 29.8 Å². The molecule has 3 nitrogen and oxygen atoms in total. The minimum absolute atomic E-state index is 0.175. The van der Waals surface area contributed by atoms with E-state index in [4.69, 9.17) is 4.74 Å². The molecule has 0 aromatic heterocycles. The summed E-state index contributed by atoms with van der Waals surface area (Å²) in [4.78, 5) is 12.3.